The number of carbonyl (C=O) groups is 1. The van der Waals surface area contributed by atoms with Crippen LogP contribution in [-0.4, -0.2) is 16.6 Å². The van der Waals surface area contributed by atoms with Gasteiger partial charge in [0, 0.05) is 28.7 Å². The Morgan fingerprint density at radius 1 is 1.28 bits per heavy atom. The highest BCUT2D eigenvalue weighted by Crippen LogP contribution is 2.17. The molecule has 0 aliphatic carbocycles. The fourth-order valence-electron chi connectivity index (χ4n) is 1.40. The molecule has 0 atom stereocenters. The highest BCUT2D eigenvalue weighted by atomic mass is 32.2. The monoisotopic (exact) mass is 259 g/mol. The highest BCUT2D eigenvalue weighted by Gasteiger charge is 2.03. The zero-order valence-corrected chi connectivity index (χ0v) is 10.5. The third kappa shape index (κ3) is 3.78. The molecule has 1 aromatic heterocycles. The fraction of sp³-hybridized carbons (Fsp3) is 0.0769. The molecule has 0 saturated carbocycles. The number of amides is 1. The van der Waals surface area contributed by atoms with Crippen molar-refractivity contribution in [1.82, 2.24) is 4.98 Å². The van der Waals surface area contributed by atoms with Crippen molar-refractivity contribution in [2.75, 3.05) is 16.8 Å². The van der Waals surface area contributed by atoms with Crippen LogP contribution < -0.4 is 11.1 Å². The van der Waals surface area contributed by atoms with Gasteiger partial charge in [-0.15, -0.1) is 11.8 Å². The lowest BCUT2D eigenvalue weighted by molar-refractivity contribution is -0.113. The number of rotatable bonds is 4. The molecule has 0 bridgehead atoms. The molecule has 3 N–H and O–H groups in total. The molecule has 1 aromatic carbocycles. The average molecular weight is 259 g/mol. The smallest absolute Gasteiger partial charge is 0.234 e. The van der Waals surface area contributed by atoms with Crippen molar-refractivity contribution in [3.8, 4) is 0 Å². The number of nitrogens with two attached hydrogens (primary N) is 1. The predicted molar refractivity (Wildman–Crippen MR) is 74.4 cm³/mol. The molecule has 0 spiro atoms. The molecule has 18 heavy (non-hydrogen) atoms. The van der Waals surface area contributed by atoms with E-state index >= 15 is 0 Å². The number of carbonyl (C=O) groups excluding carboxylic acids is 1. The summed E-state index contributed by atoms with van der Waals surface area (Å²) in [4.78, 5) is 16.7. The standard InChI is InChI=1S/C13H13N3OS/c14-10-2-1-3-11(8-10)16-13(17)9-18-12-4-6-15-7-5-12/h1-8H,9,14H2,(H,16,17). The van der Waals surface area contributed by atoms with E-state index in [1.165, 1.54) is 11.8 Å². The van der Waals surface area contributed by atoms with E-state index in [0.29, 0.717) is 11.4 Å². The molecular formula is C13H13N3OS. The molecule has 1 amide bonds. The molecule has 0 radical (unpaired) electrons. The normalized spacial score (nSPS) is 10.0. The van der Waals surface area contributed by atoms with E-state index in [-0.39, 0.29) is 5.91 Å². The first-order valence-corrected chi connectivity index (χ1v) is 6.41. The molecule has 5 heteroatoms. The number of anilines is 2. The van der Waals surface area contributed by atoms with E-state index in [9.17, 15) is 4.79 Å². The van der Waals surface area contributed by atoms with E-state index in [0.717, 1.165) is 10.6 Å². The topological polar surface area (TPSA) is 68.0 Å². The maximum atomic E-state index is 11.7. The summed E-state index contributed by atoms with van der Waals surface area (Å²) in [6, 6.07) is 10.9. The highest BCUT2D eigenvalue weighted by molar-refractivity contribution is 8.00. The number of aromatic nitrogens is 1. The maximum absolute atomic E-state index is 11.7. The number of nitrogen functional groups attached to an aromatic ring is 1. The van der Waals surface area contributed by atoms with Crippen molar-refractivity contribution >= 4 is 29.0 Å². The quantitative estimate of drug-likeness (QED) is 0.653. The van der Waals surface area contributed by atoms with Crippen LogP contribution in [0.3, 0.4) is 0 Å². The van der Waals surface area contributed by atoms with Crippen molar-refractivity contribution in [2.45, 2.75) is 4.90 Å². The summed E-state index contributed by atoms with van der Waals surface area (Å²) in [5.74, 6) is 0.307. The number of nitrogens with one attached hydrogen (secondary N) is 1. The van der Waals surface area contributed by atoms with Gasteiger partial charge in [-0.05, 0) is 30.3 Å². The minimum Gasteiger partial charge on any atom is -0.399 e. The molecule has 0 saturated heterocycles. The minimum atomic E-state index is -0.0533. The molecular weight excluding hydrogens is 246 g/mol. The molecule has 0 aliphatic heterocycles. The lowest BCUT2D eigenvalue weighted by Gasteiger charge is -2.05. The SMILES string of the molecule is Nc1cccc(NC(=O)CSc2ccncc2)c1. The summed E-state index contributed by atoms with van der Waals surface area (Å²) in [5.41, 5.74) is 6.99. The van der Waals surface area contributed by atoms with Crippen LogP contribution in [0.25, 0.3) is 0 Å². The van der Waals surface area contributed by atoms with Crippen molar-refractivity contribution in [2.24, 2.45) is 0 Å². The Morgan fingerprint density at radius 2 is 2.06 bits per heavy atom. The Bertz CT molecular complexity index is 531. The predicted octanol–water partition coefficient (Wildman–Crippen LogP) is 2.39. The number of pyridine rings is 1. The van der Waals surface area contributed by atoms with Crippen LogP contribution in [0.5, 0.6) is 0 Å². The van der Waals surface area contributed by atoms with Crippen LogP contribution in [0.1, 0.15) is 0 Å². The first-order chi connectivity index (χ1) is 8.74. The molecule has 1 heterocycles. The Kier molecular flexibility index (Phi) is 4.20. The van der Waals surface area contributed by atoms with Crippen molar-refractivity contribution < 1.29 is 4.79 Å². The zero-order valence-electron chi connectivity index (χ0n) is 9.67. The molecule has 0 fully saturated rings. The van der Waals surface area contributed by atoms with E-state index in [2.05, 4.69) is 10.3 Å². The average Bonchev–Trinajstić information content (AvgIpc) is 2.38. The van der Waals surface area contributed by atoms with E-state index in [1.54, 1.807) is 30.6 Å². The van der Waals surface area contributed by atoms with Gasteiger partial charge in [-0.25, -0.2) is 0 Å². The van der Waals surface area contributed by atoms with E-state index in [1.807, 2.05) is 18.2 Å². The maximum Gasteiger partial charge on any atom is 0.234 e. The van der Waals surface area contributed by atoms with Gasteiger partial charge < -0.3 is 11.1 Å². The van der Waals surface area contributed by atoms with Crippen molar-refractivity contribution in [3.63, 3.8) is 0 Å². The van der Waals surface area contributed by atoms with Gasteiger partial charge in [0.1, 0.15) is 0 Å². The van der Waals surface area contributed by atoms with Gasteiger partial charge in [-0.3, -0.25) is 9.78 Å². The Hall–Kier alpha value is -2.01. The van der Waals surface area contributed by atoms with Crippen LogP contribution in [0.4, 0.5) is 11.4 Å². The summed E-state index contributed by atoms with van der Waals surface area (Å²) in [6.45, 7) is 0. The van der Waals surface area contributed by atoms with Gasteiger partial charge in [0.2, 0.25) is 5.91 Å². The fourth-order valence-corrected chi connectivity index (χ4v) is 2.08. The molecule has 0 aliphatic rings. The Morgan fingerprint density at radius 3 is 2.78 bits per heavy atom. The number of hydrogen-bond donors (Lipinski definition) is 2. The van der Waals surface area contributed by atoms with E-state index < -0.39 is 0 Å². The van der Waals surface area contributed by atoms with Crippen LogP contribution in [-0.2, 0) is 4.79 Å². The lowest BCUT2D eigenvalue weighted by atomic mass is 10.3. The minimum absolute atomic E-state index is 0.0533. The summed E-state index contributed by atoms with van der Waals surface area (Å²) in [5, 5.41) is 2.80. The Balaban J connectivity index is 1.86. The first-order valence-electron chi connectivity index (χ1n) is 5.42. The largest absolute Gasteiger partial charge is 0.399 e. The molecule has 2 rings (SSSR count). The number of thioether (sulfide) groups is 1. The second-order valence-electron chi connectivity index (χ2n) is 3.65. The van der Waals surface area contributed by atoms with Crippen molar-refractivity contribution in [1.29, 1.82) is 0 Å². The molecule has 4 nitrogen and oxygen atoms in total. The summed E-state index contributed by atoms with van der Waals surface area (Å²) in [7, 11) is 0. The number of nitrogens with zero attached hydrogens (tertiary/aromatic N) is 1. The van der Waals surface area contributed by atoms with Gasteiger partial charge >= 0.3 is 0 Å². The van der Waals surface area contributed by atoms with Gasteiger partial charge in [0.15, 0.2) is 0 Å². The summed E-state index contributed by atoms with van der Waals surface area (Å²) < 4.78 is 0. The van der Waals surface area contributed by atoms with Crippen LogP contribution in [0.15, 0.2) is 53.7 Å². The van der Waals surface area contributed by atoms with Crippen LogP contribution >= 0.6 is 11.8 Å². The second kappa shape index (κ2) is 6.07. The van der Waals surface area contributed by atoms with Crippen LogP contribution in [0.2, 0.25) is 0 Å². The van der Waals surface area contributed by atoms with Gasteiger partial charge in [-0.2, -0.15) is 0 Å². The second-order valence-corrected chi connectivity index (χ2v) is 4.69. The summed E-state index contributed by atoms with van der Waals surface area (Å²) in [6.07, 6.45) is 3.41. The molecule has 2 aromatic rings. The van der Waals surface area contributed by atoms with Gasteiger partial charge in [-0.1, -0.05) is 6.07 Å². The van der Waals surface area contributed by atoms with Crippen molar-refractivity contribution in [3.05, 3.63) is 48.8 Å². The van der Waals surface area contributed by atoms with Gasteiger partial charge in [0.05, 0.1) is 5.75 Å². The lowest BCUT2D eigenvalue weighted by Crippen LogP contribution is -2.14. The first kappa shape index (κ1) is 12.4. The summed E-state index contributed by atoms with van der Waals surface area (Å²) >= 11 is 1.47. The van der Waals surface area contributed by atoms with Gasteiger partial charge in [0.25, 0.3) is 0 Å². The zero-order chi connectivity index (χ0) is 12.8. The van der Waals surface area contributed by atoms with Crippen LogP contribution in [0, 0.1) is 0 Å². The number of benzene rings is 1. The molecule has 92 valence electrons. The third-order valence-electron chi connectivity index (χ3n) is 2.19. The number of hydrogen-bond acceptors (Lipinski definition) is 4. The third-order valence-corrected chi connectivity index (χ3v) is 3.20. The van der Waals surface area contributed by atoms with E-state index in [4.69, 9.17) is 5.73 Å². The molecule has 0 unspecified atom stereocenters. The Labute approximate surface area is 110 Å².